The van der Waals surface area contributed by atoms with E-state index >= 15 is 0 Å². The van der Waals surface area contributed by atoms with Gasteiger partial charge in [0.25, 0.3) is 0 Å². The topological polar surface area (TPSA) is 107 Å². The zero-order valence-electron chi connectivity index (χ0n) is 18.5. The summed E-state index contributed by atoms with van der Waals surface area (Å²) in [5.41, 5.74) is 0.137. The fraction of sp³-hybridized carbons (Fsp3) is 0.348. The first-order valence-corrected chi connectivity index (χ1v) is 10.7. The summed E-state index contributed by atoms with van der Waals surface area (Å²) in [6.45, 7) is 4.96. The number of hydrogen-bond donors (Lipinski definition) is 3. The lowest BCUT2D eigenvalue weighted by molar-refractivity contribution is -0.0684. The van der Waals surface area contributed by atoms with Gasteiger partial charge in [-0.25, -0.2) is 24.3 Å². The molecule has 1 aliphatic heterocycles. The molecule has 0 aliphatic carbocycles. The van der Waals surface area contributed by atoms with Crippen molar-refractivity contribution in [2.24, 2.45) is 5.84 Å². The summed E-state index contributed by atoms with van der Waals surface area (Å²) in [4.78, 5) is 6.65. The molecule has 0 bridgehead atoms. The van der Waals surface area contributed by atoms with Gasteiger partial charge in [0.05, 0.1) is 26.0 Å². The first-order valence-electron chi connectivity index (χ1n) is 10.7. The first-order chi connectivity index (χ1) is 15.7. The van der Waals surface area contributed by atoms with Gasteiger partial charge in [-0.3, -0.25) is 15.3 Å². The zero-order valence-corrected chi connectivity index (χ0v) is 18.5. The molecule has 0 fully saturated rings. The molecule has 0 radical (unpaired) electrons. The van der Waals surface area contributed by atoms with Crippen LogP contribution < -0.4 is 5.84 Å². The number of hydrogen-bond acceptors (Lipinski definition) is 6. The van der Waals surface area contributed by atoms with Gasteiger partial charge in [-0.1, -0.05) is 29.8 Å². The van der Waals surface area contributed by atoms with Crippen molar-refractivity contribution in [3.63, 3.8) is 0 Å². The van der Waals surface area contributed by atoms with Crippen LogP contribution in [-0.2, 0) is 18.7 Å². The second-order valence-electron chi connectivity index (χ2n) is 8.44. The third-order valence-electron chi connectivity index (χ3n) is 6.19. The van der Waals surface area contributed by atoms with E-state index in [2.05, 4.69) is 10.1 Å². The zero-order chi connectivity index (χ0) is 23.8. The van der Waals surface area contributed by atoms with E-state index in [1.165, 1.54) is 6.07 Å². The van der Waals surface area contributed by atoms with Gasteiger partial charge < -0.3 is 5.11 Å². The molecule has 2 aromatic carbocycles. The molecule has 0 spiro atoms. The van der Waals surface area contributed by atoms with Crippen LogP contribution in [0, 0.1) is 24.0 Å². The Balaban J connectivity index is 1.64. The Bertz CT molecular complexity index is 1170. The molecule has 2 heterocycles. The average molecular weight is 456 g/mol. The number of aromatic nitrogens is 3. The van der Waals surface area contributed by atoms with E-state index in [0.29, 0.717) is 25.5 Å². The van der Waals surface area contributed by atoms with Crippen molar-refractivity contribution in [3.05, 3.63) is 71.1 Å². The highest BCUT2D eigenvalue weighted by molar-refractivity contribution is 5.55. The molecule has 1 aliphatic rings. The minimum Gasteiger partial charge on any atom is -0.381 e. The molecule has 33 heavy (non-hydrogen) atoms. The average Bonchev–Trinajstić information content (AvgIpc) is 3.21. The quantitative estimate of drug-likeness (QED) is 0.219. The second kappa shape index (κ2) is 8.97. The Hall–Kier alpha value is -3.21. The molecule has 1 aromatic heterocycles. The van der Waals surface area contributed by atoms with Crippen LogP contribution in [0.3, 0.4) is 0 Å². The van der Waals surface area contributed by atoms with Crippen LogP contribution in [0.1, 0.15) is 23.9 Å². The number of fused-ring (bicyclic) bond motifs is 1. The van der Waals surface area contributed by atoms with Crippen LogP contribution in [0.25, 0.3) is 11.4 Å². The van der Waals surface area contributed by atoms with Gasteiger partial charge in [-0.05, 0) is 26.0 Å². The maximum absolute atomic E-state index is 14.7. The number of nitrogens with zero attached hydrogens (tertiary/aromatic N) is 5. The number of nitrogens with two attached hydrogens (primary N) is 1. The Morgan fingerprint density at radius 3 is 2.76 bits per heavy atom. The number of rotatable bonds is 7. The third-order valence-corrected chi connectivity index (χ3v) is 6.19. The summed E-state index contributed by atoms with van der Waals surface area (Å²) in [6, 6.07) is 10.4. The molecule has 4 rings (SSSR count). The van der Waals surface area contributed by atoms with Gasteiger partial charge in [0, 0.05) is 29.8 Å². The first kappa shape index (κ1) is 23.0. The summed E-state index contributed by atoms with van der Waals surface area (Å²) in [7, 11) is 0. The van der Waals surface area contributed by atoms with Gasteiger partial charge in [-0.2, -0.15) is 5.10 Å². The van der Waals surface area contributed by atoms with Gasteiger partial charge in [0.1, 0.15) is 23.1 Å². The van der Waals surface area contributed by atoms with Crippen LogP contribution in [0.5, 0.6) is 0 Å². The van der Waals surface area contributed by atoms with Crippen molar-refractivity contribution in [1.82, 2.24) is 24.7 Å². The Morgan fingerprint density at radius 2 is 2.06 bits per heavy atom. The van der Waals surface area contributed by atoms with Crippen molar-refractivity contribution in [2.75, 3.05) is 13.1 Å². The number of hydrazine groups is 1. The fourth-order valence-corrected chi connectivity index (χ4v) is 4.30. The van der Waals surface area contributed by atoms with Crippen molar-refractivity contribution < 1.29 is 13.9 Å². The number of aliphatic hydroxyl groups is 1. The SMILES string of the molecule is Cc1cccc(-c2nc3n(n2)CCN(C(C)C(O)(CN(N)C=N)c2ccc(F)cc2F)C3)c1. The molecule has 2 unspecified atom stereocenters. The predicted molar refractivity (Wildman–Crippen MR) is 120 cm³/mol. The lowest BCUT2D eigenvalue weighted by atomic mass is 9.85. The van der Waals surface area contributed by atoms with E-state index < -0.39 is 23.3 Å². The summed E-state index contributed by atoms with van der Waals surface area (Å²) in [5.74, 6) is 5.53. The molecular formula is C23H27F2N7O. The molecule has 174 valence electrons. The Morgan fingerprint density at radius 1 is 1.27 bits per heavy atom. The van der Waals surface area contributed by atoms with Gasteiger partial charge in [-0.15, -0.1) is 0 Å². The number of benzene rings is 2. The summed E-state index contributed by atoms with van der Waals surface area (Å²) in [5, 5.41) is 24.7. The molecule has 0 amide bonds. The van der Waals surface area contributed by atoms with Gasteiger partial charge >= 0.3 is 0 Å². The smallest absolute Gasteiger partial charge is 0.181 e. The van der Waals surface area contributed by atoms with E-state index in [9.17, 15) is 13.9 Å². The van der Waals surface area contributed by atoms with Crippen LogP contribution >= 0.6 is 0 Å². The number of halogens is 2. The number of aryl methyl sites for hydroxylation is 1. The Kier molecular flexibility index (Phi) is 6.24. The van der Waals surface area contributed by atoms with Crippen LogP contribution in [0.2, 0.25) is 0 Å². The van der Waals surface area contributed by atoms with Crippen LogP contribution in [-0.4, -0.2) is 55.2 Å². The maximum atomic E-state index is 14.7. The van der Waals surface area contributed by atoms with Crippen molar-refractivity contribution in [3.8, 4) is 11.4 Å². The molecular weight excluding hydrogens is 428 g/mol. The molecule has 3 aromatic rings. The Labute approximate surface area is 190 Å². The fourth-order valence-electron chi connectivity index (χ4n) is 4.30. The third kappa shape index (κ3) is 4.50. The highest BCUT2D eigenvalue weighted by atomic mass is 19.1. The maximum Gasteiger partial charge on any atom is 0.181 e. The summed E-state index contributed by atoms with van der Waals surface area (Å²) < 4.78 is 30.1. The lowest BCUT2D eigenvalue weighted by Gasteiger charge is -2.43. The largest absolute Gasteiger partial charge is 0.381 e. The monoisotopic (exact) mass is 455 g/mol. The molecule has 2 atom stereocenters. The molecule has 4 N–H and O–H groups in total. The van der Waals surface area contributed by atoms with E-state index in [4.69, 9.17) is 11.3 Å². The summed E-state index contributed by atoms with van der Waals surface area (Å²) in [6.07, 6.45) is 0.847. The van der Waals surface area contributed by atoms with Crippen molar-refractivity contribution in [1.29, 1.82) is 5.41 Å². The minimum absolute atomic E-state index is 0.0822. The van der Waals surface area contributed by atoms with E-state index in [0.717, 1.165) is 40.4 Å². The van der Waals surface area contributed by atoms with Crippen molar-refractivity contribution >= 4 is 6.34 Å². The minimum atomic E-state index is -1.81. The lowest BCUT2D eigenvalue weighted by Crippen LogP contribution is -2.57. The van der Waals surface area contributed by atoms with Crippen LogP contribution in [0.15, 0.2) is 42.5 Å². The predicted octanol–water partition coefficient (Wildman–Crippen LogP) is 2.41. The second-order valence-corrected chi connectivity index (χ2v) is 8.44. The molecule has 0 saturated heterocycles. The molecule has 0 saturated carbocycles. The van der Waals surface area contributed by atoms with E-state index in [1.807, 2.05) is 40.8 Å². The molecule has 8 nitrogen and oxygen atoms in total. The van der Waals surface area contributed by atoms with Gasteiger partial charge in [0.2, 0.25) is 0 Å². The number of nitrogens with one attached hydrogen (secondary N) is 1. The van der Waals surface area contributed by atoms with E-state index in [-0.39, 0.29) is 12.1 Å². The molecule has 10 heteroatoms. The highest BCUT2D eigenvalue weighted by Gasteiger charge is 2.43. The standard InChI is InChI=1S/C23H27F2N7O/c1-15-4-3-5-17(10-15)22-28-21-12-30(8-9-32(21)29-22)16(2)23(33,13-31(27)14-26)19-7-6-18(24)11-20(19)25/h3-7,10-11,14,16,26,33H,8-9,12-13,27H2,1-2H3. The van der Waals surface area contributed by atoms with E-state index in [1.54, 1.807) is 6.92 Å². The summed E-state index contributed by atoms with van der Waals surface area (Å²) >= 11 is 0. The van der Waals surface area contributed by atoms with Gasteiger partial charge in [0.15, 0.2) is 5.82 Å². The van der Waals surface area contributed by atoms with Crippen LogP contribution in [0.4, 0.5) is 8.78 Å². The van der Waals surface area contributed by atoms with Crippen molar-refractivity contribution in [2.45, 2.75) is 38.6 Å². The normalized spacial score (nSPS) is 16.7. The highest BCUT2D eigenvalue weighted by Crippen LogP contribution is 2.33.